The molecule has 2 N–H and O–H groups in total. The SMILES string of the molecule is CCC(C(=O)N(CCOC)C(C)CC)C(N)=S. The highest BCUT2D eigenvalue weighted by molar-refractivity contribution is 7.80. The van der Waals surface area contributed by atoms with E-state index in [0.717, 1.165) is 6.42 Å². The highest BCUT2D eigenvalue weighted by Gasteiger charge is 2.27. The molecule has 0 aliphatic heterocycles. The third-order valence-electron chi connectivity index (χ3n) is 2.99. The lowest BCUT2D eigenvalue weighted by Gasteiger charge is -2.31. The van der Waals surface area contributed by atoms with E-state index in [1.165, 1.54) is 0 Å². The lowest BCUT2D eigenvalue weighted by molar-refractivity contribution is -0.136. The van der Waals surface area contributed by atoms with E-state index >= 15 is 0 Å². The lowest BCUT2D eigenvalue weighted by Crippen LogP contribution is -2.46. The fraction of sp³-hybridized carbons (Fsp3) is 0.833. The number of nitrogens with zero attached hydrogens (tertiary/aromatic N) is 1. The van der Waals surface area contributed by atoms with Crippen molar-refractivity contribution in [2.75, 3.05) is 20.3 Å². The van der Waals surface area contributed by atoms with E-state index < -0.39 is 0 Å². The van der Waals surface area contributed by atoms with Crippen LogP contribution in [-0.2, 0) is 9.53 Å². The number of thiocarbonyl (C=S) groups is 1. The number of amides is 1. The minimum absolute atomic E-state index is 0.0198. The first kappa shape index (κ1) is 16.3. The molecule has 0 fully saturated rings. The zero-order valence-electron chi connectivity index (χ0n) is 11.2. The summed E-state index contributed by atoms with van der Waals surface area (Å²) in [6.07, 6.45) is 1.55. The highest BCUT2D eigenvalue weighted by atomic mass is 32.1. The summed E-state index contributed by atoms with van der Waals surface area (Å²) in [5.74, 6) is -0.331. The van der Waals surface area contributed by atoms with Crippen molar-refractivity contribution in [3.05, 3.63) is 0 Å². The van der Waals surface area contributed by atoms with E-state index in [4.69, 9.17) is 22.7 Å². The predicted molar refractivity (Wildman–Crippen MR) is 73.9 cm³/mol. The standard InChI is InChI=1S/C12H24N2O2S/c1-5-9(3)14(7-8-16-4)12(15)10(6-2)11(13)17/h9-10H,5-8H2,1-4H3,(H2,13,17). The Kier molecular flexibility index (Phi) is 8.08. The van der Waals surface area contributed by atoms with Gasteiger partial charge >= 0.3 is 0 Å². The second kappa shape index (κ2) is 8.42. The van der Waals surface area contributed by atoms with Crippen LogP contribution < -0.4 is 5.73 Å². The maximum atomic E-state index is 12.3. The molecule has 0 aromatic carbocycles. The third-order valence-corrected chi connectivity index (χ3v) is 3.28. The van der Waals surface area contributed by atoms with Crippen LogP contribution >= 0.6 is 12.2 Å². The minimum atomic E-state index is -0.351. The molecule has 0 saturated carbocycles. The van der Waals surface area contributed by atoms with Gasteiger partial charge in [-0.3, -0.25) is 4.79 Å². The molecule has 0 aliphatic carbocycles. The fourth-order valence-corrected chi connectivity index (χ4v) is 1.92. The summed E-state index contributed by atoms with van der Waals surface area (Å²) in [4.78, 5) is 14.4. The number of carbonyl (C=O) groups is 1. The zero-order valence-corrected chi connectivity index (χ0v) is 12.0. The van der Waals surface area contributed by atoms with Crippen molar-refractivity contribution < 1.29 is 9.53 Å². The number of rotatable bonds is 8. The van der Waals surface area contributed by atoms with Gasteiger partial charge in [-0.15, -0.1) is 0 Å². The van der Waals surface area contributed by atoms with Crippen LogP contribution in [0.15, 0.2) is 0 Å². The monoisotopic (exact) mass is 260 g/mol. The second-order valence-electron chi connectivity index (χ2n) is 4.14. The summed E-state index contributed by atoms with van der Waals surface area (Å²) >= 11 is 4.95. The number of methoxy groups -OCH3 is 1. The van der Waals surface area contributed by atoms with E-state index in [0.29, 0.717) is 19.6 Å². The normalized spacial score (nSPS) is 14.1. The molecule has 5 heteroatoms. The molecule has 0 bridgehead atoms. The molecule has 1 amide bonds. The Balaban J connectivity index is 4.76. The van der Waals surface area contributed by atoms with Crippen molar-refractivity contribution in [2.24, 2.45) is 11.7 Å². The zero-order chi connectivity index (χ0) is 13.4. The Labute approximate surface area is 109 Å². The molecule has 4 nitrogen and oxygen atoms in total. The molecular weight excluding hydrogens is 236 g/mol. The first-order valence-electron chi connectivity index (χ1n) is 6.08. The molecule has 0 aromatic rings. The smallest absolute Gasteiger partial charge is 0.232 e. The molecule has 0 heterocycles. The number of hydrogen-bond donors (Lipinski definition) is 1. The lowest BCUT2D eigenvalue weighted by atomic mass is 10.0. The maximum Gasteiger partial charge on any atom is 0.232 e. The fourth-order valence-electron chi connectivity index (χ4n) is 1.66. The molecule has 2 unspecified atom stereocenters. The summed E-state index contributed by atoms with van der Waals surface area (Å²) in [5.41, 5.74) is 5.61. The summed E-state index contributed by atoms with van der Waals surface area (Å²) in [5, 5.41) is 0. The Bertz CT molecular complexity index is 259. The summed E-state index contributed by atoms with van der Waals surface area (Å²) in [7, 11) is 1.63. The number of carbonyl (C=O) groups excluding carboxylic acids is 1. The van der Waals surface area contributed by atoms with E-state index in [1.807, 2.05) is 18.7 Å². The predicted octanol–water partition coefficient (Wildman–Crippen LogP) is 1.57. The van der Waals surface area contributed by atoms with Crippen molar-refractivity contribution in [1.82, 2.24) is 4.90 Å². The van der Waals surface area contributed by atoms with Gasteiger partial charge in [0, 0.05) is 19.7 Å². The summed E-state index contributed by atoms with van der Waals surface area (Å²) < 4.78 is 5.03. The van der Waals surface area contributed by atoms with Crippen LogP contribution in [-0.4, -0.2) is 42.1 Å². The quantitative estimate of drug-likeness (QED) is 0.673. The Morgan fingerprint density at radius 3 is 2.35 bits per heavy atom. The molecule has 0 rings (SSSR count). The van der Waals surface area contributed by atoms with Crippen LogP contribution in [0.3, 0.4) is 0 Å². The van der Waals surface area contributed by atoms with Crippen LogP contribution in [0.25, 0.3) is 0 Å². The van der Waals surface area contributed by atoms with Crippen LogP contribution in [0.1, 0.15) is 33.6 Å². The molecule has 100 valence electrons. The topological polar surface area (TPSA) is 55.6 Å². The van der Waals surface area contributed by atoms with E-state index in [-0.39, 0.29) is 22.9 Å². The van der Waals surface area contributed by atoms with Crippen molar-refractivity contribution >= 4 is 23.1 Å². The summed E-state index contributed by atoms with van der Waals surface area (Å²) in [6.45, 7) is 7.12. The van der Waals surface area contributed by atoms with Gasteiger partial charge in [0.1, 0.15) is 0 Å². The molecule has 0 saturated heterocycles. The number of nitrogens with two attached hydrogens (primary N) is 1. The highest BCUT2D eigenvalue weighted by Crippen LogP contribution is 2.13. The van der Waals surface area contributed by atoms with Crippen molar-refractivity contribution in [1.29, 1.82) is 0 Å². The van der Waals surface area contributed by atoms with Gasteiger partial charge in [0.05, 0.1) is 17.5 Å². The molecule has 2 atom stereocenters. The van der Waals surface area contributed by atoms with Crippen LogP contribution in [0.2, 0.25) is 0 Å². The van der Waals surface area contributed by atoms with Gasteiger partial charge in [0.15, 0.2) is 0 Å². The molecule has 0 aliphatic rings. The Morgan fingerprint density at radius 2 is 2.00 bits per heavy atom. The van der Waals surface area contributed by atoms with E-state index in [1.54, 1.807) is 7.11 Å². The van der Waals surface area contributed by atoms with Gasteiger partial charge < -0.3 is 15.4 Å². The average molecular weight is 260 g/mol. The molecule has 0 spiro atoms. The average Bonchev–Trinajstić information content (AvgIpc) is 2.29. The van der Waals surface area contributed by atoms with E-state index in [9.17, 15) is 4.79 Å². The first-order chi connectivity index (χ1) is 7.99. The van der Waals surface area contributed by atoms with Gasteiger partial charge in [-0.2, -0.15) is 0 Å². The van der Waals surface area contributed by atoms with Crippen LogP contribution in [0.5, 0.6) is 0 Å². The van der Waals surface area contributed by atoms with Crippen LogP contribution in [0, 0.1) is 5.92 Å². The molecule has 0 radical (unpaired) electrons. The third kappa shape index (κ3) is 5.00. The minimum Gasteiger partial charge on any atom is -0.393 e. The van der Waals surface area contributed by atoms with Gasteiger partial charge in [0.2, 0.25) is 5.91 Å². The van der Waals surface area contributed by atoms with Crippen molar-refractivity contribution in [2.45, 2.75) is 39.7 Å². The first-order valence-corrected chi connectivity index (χ1v) is 6.49. The molecule has 0 aromatic heterocycles. The largest absolute Gasteiger partial charge is 0.393 e. The van der Waals surface area contributed by atoms with Gasteiger partial charge in [-0.1, -0.05) is 26.1 Å². The van der Waals surface area contributed by atoms with E-state index in [2.05, 4.69) is 6.92 Å². The van der Waals surface area contributed by atoms with Gasteiger partial charge in [0.25, 0.3) is 0 Å². The van der Waals surface area contributed by atoms with Gasteiger partial charge in [-0.05, 0) is 19.8 Å². The number of hydrogen-bond acceptors (Lipinski definition) is 3. The number of ether oxygens (including phenoxy) is 1. The van der Waals surface area contributed by atoms with Crippen LogP contribution in [0.4, 0.5) is 0 Å². The van der Waals surface area contributed by atoms with Crippen molar-refractivity contribution in [3.8, 4) is 0 Å². The molecular formula is C12H24N2O2S. The molecule has 17 heavy (non-hydrogen) atoms. The van der Waals surface area contributed by atoms with Gasteiger partial charge in [-0.25, -0.2) is 0 Å². The Hall–Kier alpha value is -0.680. The van der Waals surface area contributed by atoms with Crippen molar-refractivity contribution in [3.63, 3.8) is 0 Å². The maximum absolute atomic E-state index is 12.3. The Morgan fingerprint density at radius 1 is 1.41 bits per heavy atom. The second-order valence-corrected chi connectivity index (χ2v) is 4.62. The summed E-state index contributed by atoms with van der Waals surface area (Å²) in [6, 6.07) is 0.182.